The summed E-state index contributed by atoms with van der Waals surface area (Å²) in [6, 6.07) is 3.80. The molecule has 2 N–H and O–H groups in total. The van der Waals surface area contributed by atoms with Crippen molar-refractivity contribution in [3.63, 3.8) is 0 Å². The number of aromatic nitrogens is 2. The van der Waals surface area contributed by atoms with Crippen molar-refractivity contribution in [3.8, 4) is 0 Å². The summed E-state index contributed by atoms with van der Waals surface area (Å²) in [6.45, 7) is 1.28. The molecular weight excluding hydrogens is 311 g/mol. The van der Waals surface area contributed by atoms with Crippen LogP contribution in [0.1, 0.15) is 12.8 Å². The van der Waals surface area contributed by atoms with Crippen LogP contribution in [0.15, 0.2) is 16.6 Å². The normalized spacial score (nSPS) is 20.2. The molecule has 2 aromatic rings. The molecule has 6 heteroatoms. The second kappa shape index (κ2) is 4.67. The van der Waals surface area contributed by atoms with E-state index in [1.807, 2.05) is 28.6 Å². The number of halogens is 2. The molecule has 1 atom stereocenters. The zero-order valence-corrected chi connectivity index (χ0v) is 12.3. The number of anilines is 2. The lowest BCUT2D eigenvalue weighted by Crippen LogP contribution is -2.37. The van der Waals surface area contributed by atoms with Crippen LogP contribution in [0.3, 0.4) is 0 Å². The third-order valence-corrected chi connectivity index (χ3v) is 4.31. The van der Waals surface area contributed by atoms with E-state index < -0.39 is 6.17 Å². The molecule has 0 bridgehead atoms. The van der Waals surface area contributed by atoms with Crippen LogP contribution in [0.2, 0.25) is 0 Å². The van der Waals surface area contributed by atoms with Crippen molar-refractivity contribution in [2.45, 2.75) is 19.0 Å². The van der Waals surface area contributed by atoms with Crippen LogP contribution in [-0.2, 0) is 7.05 Å². The molecule has 1 aromatic carbocycles. The summed E-state index contributed by atoms with van der Waals surface area (Å²) in [5.41, 5.74) is 8.39. The van der Waals surface area contributed by atoms with Crippen LogP contribution in [0.5, 0.6) is 0 Å². The second-order valence-electron chi connectivity index (χ2n) is 5.02. The zero-order chi connectivity index (χ0) is 13.6. The Labute approximate surface area is 119 Å². The maximum absolute atomic E-state index is 13.5. The number of benzene rings is 1. The average molecular weight is 327 g/mol. The van der Waals surface area contributed by atoms with Gasteiger partial charge in [0.15, 0.2) is 0 Å². The lowest BCUT2D eigenvalue weighted by atomic mass is 10.1. The molecule has 19 heavy (non-hydrogen) atoms. The van der Waals surface area contributed by atoms with Crippen molar-refractivity contribution >= 4 is 38.6 Å². The first kappa shape index (κ1) is 12.7. The Bertz CT molecular complexity index is 625. The van der Waals surface area contributed by atoms with Gasteiger partial charge in [-0.2, -0.15) is 0 Å². The molecular formula is C13H16BrFN4. The second-order valence-corrected chi connectivity index (χ2v) is 5.87. The van der Waals surface area contributed by atoms with Crippen molar-refractivity contribution in [2.75, 3.05) is 23.7 Å². The Balaban J connectivity index is 2.07. The molecule has 2 heterocycles. The lowest BCUT2D eigenvalue weighted by molar-refractivity contribution is 0.285. The topological polar surface area (TPSA) is 47.1 Å². The van der Waals surface area contributed by atoms with Gasteiger partial charge in [-0.05, 0) is 40.9 Å². The fraction of sp³-hybridized carbons (Fsp3) is 0.462. The van der Waals surface area contributed by atoms with Gasteiger partial charge in [-0.25, -0.2) is 9.37 Å². The fourth-order valence-electron chi connectivity index (χ4n) is 2.61. The Morgan fingerprint density at radius 2 is 2.26 bits per heavy atom. The number of alkyl halides is 1. The molecule has 1 saturated heterocycles. The maximum Gasteiger partial charge on any atom is 0.206 e. The highest BCUT2D eigenvalue weighted by molar-refractivity contribution is 9.10. The maximum atomic E-state index is 13.5. The van der Waals surface area contributed by atoms with Gasteiger partial charge in [-0.3, -0.25) is 0 Å². The predicted octanol–water partition coefficient (Wildman–Crippen LogP) is 2.86. The van der Waals surface area contributed by atoms with E-state index >= 15 is 0 Å². The Kier molecular flexibility index (Phi) is 3.12. The van der Waals surface area contributed by atoms with Gasteiger partial charge < -0.3 is 15.2 Å². The van der Waals surface area contributed by atoms with Crippen LogP contribution in [0, 0.1) is 0 Å². The minimum Gasteiger partial charge on any atom is -0.398 e. The molecule has 3 rings (SSSR count). The van der Waals surface area contributed by atoms with E-state index in [2.05, 4.69) is 20.9 Å². The van der Waals surface area contributed by atoms with Gasteiger partial charge >= 0.3 is 0 Å². The van der Waals surface area contributed by atoms with Crippen molar-refractivity contribution in [3.05, 3.63) is 16.6 Å². The van der Waals surface area contributed by atoms with E-state index in [9.17, 15) is 4.39 Å². The number of hydrogen-bond donors (Lipinski definition) is 1. The number of nitrogen functional groups attached to an aromatic ring is 1. The highest BCUT2D eigenvalue weighted by atomic mass is 79.9. The molecule has 102 valence electrons. The number of rotatable bonds is 1. The summed E-state index contributed by atoms with van der Waals surface area (Å²) in [4.78, 5) is 6.61. The SMILES string of the molecule is Cn1c(N2CCCC(F)C2)nc2cc(N)c(Br)cc21. The average Bonchev–Trinajstić information content (AvgIpc) is 2.68. The predicted molar refractivity (Wildman–Crippen MR) is 79.2 cm³/mol. The zero-order valence-electron chi connectivity index (χ0n) is 10.7. The highest BCUT2D eigenvalue weighted by Crippen LogP contribution is 2.30. The van der Waals surface area contributed by atoms with Gasteiger partial charge in [0, 0.05) is 23.8 Å². The monoisotopic (exact) mass is 326 g/mol. The van der Waals surface area contributed by atoms with Gasteiger partial charge in [0.2, 0.25) is 5.95 Å². The first-order valence-corrected chi connectivity index (χ1v) is 7.16. The Hall–Kier alpha value is -1.30. The molecule has 1 aliphatic rings. The van der Waals surface area contributed by atoms with Crippen molar-refractivity contribution in [1.82, 2.24) is 9.55 Å². The summed E-state index contributed by atoms with van der Waals surface area (Å²) in [5, 5.41) is 0. The first-order chi connectivity index (χ1) is 9.06. The Morgan fingerprint density at radius 1 is 1.47 bits per heavy atom. The van der Waals surface area contributed by atoms with E-state index in [0.29, 0.717) is 18.7 Å². The van der Waals surface area contributed by atoms with Crippen LogP contribution in [0.4, 0.5) is 16.0 Å². The third kappa shape index (κ3) is 2.18. The lowest BCUT2D eigenvalue weighted by Gasteiger charge is -2.29. The van der Waals surface area contributed by atoms with Crippen LogP contribution in [0.25, 0.3) is 11.0 Å². The molecule has 1 fully saturated rings. The number of fused-ring (bicyclic) bond motifs is 1. The summed E-state index contributed by atoms with van der Waals surface area (Å²) in [5.74, 6) is 0.815. The van der Waals surface area contributed by atoms with Crippen LogP contribution < -0.4 is 10.6 Å². The van der Waals surface area contributed by atoms with Gasteiger partial charge in [-0.15, -0.1) is 0 Å². The van der Waals surface area contributed by atoms with Crippen molar-refractivity contribution in [2.24, 2.45) is 7.05 Å². The summed E-state index contributed by atoms with van der Waals surface area (Å²) >= 11 is 3.43. The molecule has 1 aliphatic heterocycles. The van der Waals surface area contributed by atoms with Crippen LogP contribution >= 0.6 is 15.9 Å². The standard InChI is InChI=1S/C13H16BrFN4/c1-18-12-5-9(14)10(16)6-11(12)17-13(18)19-4-2-3-8(15)7-19/h5-6,8H,2-4,7,16H2,1H3. The fourth-order valence-corrected chi connectivity index (χ4v) is 2.94. The Morgan fingerprint density at radius 3 is 3.00 bits per heavy atom. The van der Waals surface area contributed by atoms with E-state index in [1.165, 1.54) is 0 Å². The molecule has 0 spiro atoms. The van der Waals surface area contributed by atoms with Crippen LogP contribution in [-0.4, -0.2) is 28.8 Å². The largest absolute Gasteiger partial charge is 0.398 e. The van der Waals surface area contributed by atoms with E-state index in [0.717, 1.165) is 34.4 Å². The summed E-state index contributed by atoms with van der Waals surface area (Å²) < 4.78 is 16.4. The van der Waals surface area contributed by atoms with Gasteiger partial charge in [0.1, 0.15) is 6.17 Å². The van der Waals surface area contributed by atoms with E-state index in [-0.39, 0.29) is 0 Å². The van der Waals surface area contributed by atoms with E-state index in [1.54, 1.807) is 0 Å². The molecule has 1 aromatic heterocycles. The highest BCUT2D eigenvalue weighted by Gasteiger charge is 2.23. The number of nitrogens with zero attached hydrogens (tertiary/aromatic N) is 3. The number of nitrogens with two attached hydrogens (primary N) is 1. The first-order valence-electron chi connectivity index (χ1n) is 6.36. The van der Waals surface area contributed by atoms with Crippen molar-refractivity contribution < 1.29 is 4.39 Å². The minimum absolute atomic E-state index is 0.424. The summed E-state index contributed by atoms with van der Waals surface area (Å²) in [6.07, 6.45) is 0.764. The number of piperidine rings is 1. The number of hydrogen-bond acceptors (Lipinski definition) is 3. The van der Waals surface area contributed by atoms with Gasteiger partial charge in [0.05, 0.1) is 17.6 Å². The van der Waals surface area contributed by atoms with Gasteiger partial charge in [0.25, 0.3) is 0 Å². The number of aryl methyl sites for hydroxylation is 1. The summed E-state index contributed by atoms with van der Waals surface area (Å²) in [7, 11) is 1.95. The molecule has 0 saturated carbocycles. The smallest absolute Gasteiger partial charge is 0.206 e. The minimum atomic E-state index is -0.759. The molecule has 0 radical (unpaired) electrons. The van der Waals surface area contributed by atoms with E-state index in [4.69, 9.17) is 5.73 Å². The van der Waals surface area contributed by atoms with Gasteiger partial charge in [-0.1, -0.05) is 0 Å². The molecule has 0 amide bonds. The number of imidazole rings is 1. The molecule has 4 nitrogen and oxygen atoms in total. The third-order valence-electron chi connectivity index (χ3n) is 3.62. The molecule has 0 aliphatic carbocycles. The van der Waals surface area contributed by atoms with Crippen molar-refractivity contribution in [1.29, 1.82) is 0 Å². The quantitative estimate of drug-likeness (QED) is 0.820. The molecule has 1 unspecified atom stereocenters.